The molecule has 0 saturated heterocycles. The van der Waals surface area contributed by atoms with E-state index < -0.39 is 12.1 Å². The lowest BCUT2D eigenvalue weighted by atomic mass is 10.1. The van der Waals surface area contributed by atoms with Crippen molar-refractivity contribution < 1.29 is 14.3 Å². The van der Waals surface area contributed by atoms with Crippen molar-refractivity contribution in [2.45, 2.75) is 38.2 Å². The van der Waals surface area contributed by atoms with Gasteiger partial charge in [0.1, 0.15) is 0 Å². The molecular weight excluding hydrogens is 472 g/mol. The van der Waals surface area contributed by atoms with Gasteiger partial charge in [0.2, 0.25) is 0 Å². The first-order chi connectivity index (χ1) is 17.4. The van der Waals surface area contributed by atoms with Crippen LogP contribution in [0.1, 0.15) is 32.8 Å². The molecule has 36 heavy (non-hydrogen) atoms. The maximum Gasteiger partial charge on any atom is 0.434 e. The number of nitrogens with zero attached hydrogens (tertiary/aromatic N) is 3. The minimum absolute atomic E-state index is 0.259. The van der Waals surface area contributed by atoms with Crippen LogP contribution in [0.15, 0.2) is 77.7 Å². The lowest BCUT2D eigenvalue weighted by molar-refractivity contribution is 0.107. The Balaban J connectivity index is 1.89. The topological polar surface area (TPSA) is 85.7 Å². The quantitative estimate of drug-likeness (QED) is 0.274. The summed E-state index contributed by atoms with van der Waals surface area (Å²) < 4.78 is 5.43. The number of carbonyl (C=O) groups is 2. The molecular formula is C28H30N4O3S. The normalized spacial score (nSPS) is 10.4. The highest BCUT2D eigenvalue weighted by Gasteiger charge is 2.29. The van der Waals surface area contributed by atoms with Crippen LogP contribution >= 0.6 is 11.8 Å². The first-order valence-electron chi connectivity index (χ1n) is 11.7. The number of anilines is 2. The molecule has 0 unspecified atom stereocenters. The molecule has 0 atom stereocenters. The van der Waals surface area contributed by atoms with Crippen molar-refractivity contribution in [3.8, 4) is 17.2 Å². The van der Waals surface area contributed by atoms with E-state index >= 15 is 0 Å². The number of ether oxygens (including phenoxy) is 1. The van der Waals surface area contributed by atoms with Crippen LogP contribution in [-0.4, -0.2) is 36.0 Å². The summed E-state index contributed by atoms with van der Waals surface area (Å²) >= 11 is 1.68. The van der Waals surface area contributed by atoms with Gasteiger partial charge < -0.3 is 10.1 Å². The van der Waals surface area contributed by atoms with Crippen molar-refractivity contribution in [1.29, 1.82) is 5.26 Å². The lowest BCUT2D eigenvalue weighted by Crippen LogP contribution is -2.52. The standard InChI is InChI=1S/C28H30N4O3S/c1-5-17-31(32(28(34)35-20(2)3)24-10-8-9-21(18-24)19-29)27(33)30-23-15-13-22(14-16-23)25-11-6-7-12-26(25)36-4/h6-16,18,20H,5,17H2,1-4H3,(H,30,33). The van der Waals surface area contributed by atoms with Gasteiger partial charge in [0.15, 0.2) is 0 Å². The molecule has 8 heteroatoms. The van der Waals surface area contributed by atoms with Gasteiger partial charge in [-0.3, -0.25) is 0 Å². The number of urea groups is 1. The van der Waals surface area contributed by atoms with Crippen molar-refractivity contribution in [2.24, 2.45) is 0 Å². The zero-order valence-corrected chi connectivity index (χ0v) is 21.7. The Labute approximate surface area is 216 Å². The maximum atomic E-state index is 13.4. The van der Waals surface area contributed by atoms with Gasteiger partial charge >= 0.3 is 12.1 Å². The molecule has 0 bridgehead atoms. The Morgan fingerprint density at radius 3 is 2.42 bits per heavy atom. The summed E-state index contributed by atoms with van der Waals surface area (Å²) in [4.78, 5) is 27.7. The molecule has 0 radical (unpaired) electrons. The van der Waals surface area contributed by atoms with Crippen LogP contribution in [0.5, 0.6) is 0 Å². The SMILES string of the molecule is CCCN(C(=O)Nc1ccc(-c2ccccc2SC)cc1)N(C(=O)OC(C)C)c1cccc(C#N)c1. The fraction of sp³-hybridized carbons (Fsp3) is 0.250. The van der Waals surface area contributed by atoms with Gasteiger partial charge in [-0.25, -0.2) is 14.6 Å². The number of rotatable bonds is 7. The first-order valence-corrected chi connectivity index (χ1v) is 12.9. The molecule has 3 rings (SSSR count). The predicted octanol–water partition coefficient (Wildman–Crippen LogP) is 7.16. The average Bonchev–Trinajstić information content (AvgIpc) is 2.88. The summed E-state index contributed by atoms with van der Waals surface area (Å²) in [5.41, 5.74) is 3.49. The molecule has 0 aliphatic heterocycles. The smallest absolute Gasteiger partial charge is 0.434 e. The fourth-order valence-corrected chi connectivity index (χ4v) is 4.23. The van der Waals surface area contributed by atoms with Crippen LogP contribution < -0.4 is 10.3 Å². The van der Waals surface area contributed by atoms with E-state index in [9.17, 15) is 14.9 Å². The Kier molecular flexibility index (Phi) is 9.37. The second-order valence-electron chi connectivity index (χ2n) is 8.24. The number of hydrogen-bond donors (Lipinski definition) is 1. The Bertz CT molecular complexity index is 1240. The number of amides is 3. The van der Waals surface area contributed by atoms with Crippen LogP contribution in [0, 0.1) is 11.3 Å². The largest absolute Gasteiger partial charge is 0.445 e. The summed E-state index contributed by atoms with van der Waals surface area (Å²) in [6.45, 7) is 5.65. The van der Waals surface area contributed by atoms with Gasteiger partial charge in [0, 0.05) is 17.1 Å². The monoisotopic (exact) mass is 502 g/mol. The highest BCUT2D eigenvalue weighted by atomic mass is 32.2. The third-order valence-electron chi connectivity index (χ3n) is 5.19. The number of hydrogen-bond acceptors (Lipinski definition) is 5. The van der Waals surface area contributed by atoms with Gasteiger partial charge in [-0.05, 0) is 74.0 Å². The van der Waals surface area contributed by atoms with E-state index in [-0.39, 0.29) is 12.6 Å². The van der Waals surface area contributed by atoms with Crippen LogP contribution in [0.4, 0.5) is 21.0 Å². The van der Waals surface area contributed by atoms with E-state index in [2.05, 4.69) is 23.5 Å². The number of thioether (sulfide) groups is 1. The third-order valence-corrected chi connectivity index (χ3v) is 5.99. The molecule has 1 N–H and O–H groups in total. The number of hydrazine groups is 1. The van der Waals surface area contributed by atoms with Crippen LogP contribution in [0.25, 0.3) is 11.1 Å². The number of nitriles is 1. The van der Waals surface area contributed by atoms with Crippen LogP contribution in [-0.2, 0) is 4.74 Å². The first kappa shape index (κ1) is 26.6. The fourth-order valence-electron chi connectivity index (χ4n) is 3.61. The minimum atomic E-state index is -0.701. The van der Waals surface area contributed by atoms with Gasteiger partial charge in [0.05, 0.1) is 23.4 Å². The summed E-state index contributed by atoms with van der Waals surface area (Å²) in [7, 11) is 0. The highest BCUT2D eigenvalue weighted by Crippen LogP contribution is 2.31. The van der Waals surface area contributed by atoms with Gasteiger partial charge in [-0.1, -0.05) is 43.3 Å². The molecule has 3 amide bonds. The number of carbonyl (C=O) groups excluding carboxylic acids is 2. The molecule has 0 saturated carbocycles. The van der Waals surface area contributed by atoms with Crippen LogP contribution in [0.3, 0.4) is 0 Å². The molecule has 0 spiro atoms. The number of benzene rings is 3. The number of nitrogens with one attached hydrogen (secondary N) is 1. The zero-order valence-electron chi connectivity index (χ0n) is 20.9. The van der Waals surface area contributed by atoms with E-state index in [1.807, 2.05) is 49.6 Å². The minimum Gasteiger partial charge on any atom is -0.445 e. The van der Waals surface area contributed by atoms with E-state index in [1.165, 1.54) is 14.9 Å². The Morgan fingerprint density at radius 2 is 1.78 bits per heavy atom. The molecule has 0 fully saturated rings. The van der Waals surface area contributed by atoms with E-state index in [4.69, 9.17) is 4.74 Å². The van der Waals surface area contributed by atoms with Gasteiger partial charge in [-0.15, -0.1) is 11.8 Å². The van der Waals surface area contributed by atoms with Crippen molar-refractivity contribution >= 4 is 35.3 Å². The van der Waals surface area contributed by atoms with Gasteiger partial charge in [-0.2, -0.15) is 10.3 Å². The second-order valence-corrected chi connectivity index (χ2v) is 9.09. The second kappa shape index (κ2) is 12.7. The van der Waals surface area contributed by atoms with E-state index in [0.29, 0.717) is 23.4 Å². The third kappa shape index (κ3) is 6.58. The summed E-state index contributed by atoms with van der Waals surface area (Å²) in [5.74, 6) is 0. The van der Waals surface area contributed by atoms with Crippen molar-refractivity contribution in [3.05, 3.63) is 78.4 Å². The summed E-state index contributed by atoms with van der Waals surface area (Å²) in [6, 6.07) is 23.8. The highest BCUT2D eigenvalue weighted by molar-refractivity contribution is 7.98. The predicted molar refractivity (Wildman–Crippen MR) is 145 cm³/mol. The molecule has 186 valence electrons. The Morgan fingerprint density at radius 1 is 1.06 bits per heavy atom. The van der Waals surface area contributed by atoms with Crippen molar-refractivity contribution in [1.82, 2.24) is 5.01 Å². The lowest BCUT2D eigenvalue weighted by Gasteiger charge is -2.34. The summed E-state index contributed by atoms with van der Waals surface area (Å²) in [5, 5.41) is 14.7. The average molecular weight is 503 g/mol. The Hall–Kier alpha value is -3.96. The molecule has 0 aromatic heterocycles. The molecule has 0 heterocycles. The van der Waals surface area contributed by atoms with E-state index in [1.54, 1.807) is 49.9 Å². The molecule has 3 aromatic rings. The van der Waals surface area contributed by atoms with Gasteiger partial charge in [0.25, 0.3) is 0 Å². The molecule has 0 aliphatic rings. The zero-order chi connectivity index (χ0) is 26.1. The molecule has 0 aliphatic carbocycles. The van der Waals surface area contributed by atoms with Crippen LogP contribution in [0.2, 0.25) is 0 Å². The molecule has 7 nitrogen and oxygen atoms in total. The summed E-state index contributed by atoms with van der Waals surface area (Å²) in [6.07, 6.45) is 1.55. The van der Waals surface area contributed by atoms with Crippen molar-refractivity contribution in [3.63, 3.8) is 0 Å². The maximum absolute atomic E-state index is 13.4. The molecule has 3 aromatic carbocycles. The van der Waals surface area contributed by atoms with E-state index in [0.717, 1.165) is 11.1 Å². The van der Waals surface area contributed by atoms with Crippen molar-refractivity contribution in [2.75, 3.05) is 23.1 Å².